The molecular weight excluding hydrogens is 1680 g/mol. The monoisotopic (exact) mass is 1830 g/mol. The number of H-pyrrole nitrogens is 1. The summed E-state index contributed by atoms with van der Waals surface area (Å²) in [5.41, 5.74) is 36.2. The van der Waals surface area contributed by atoms with Crippen LogP contribution in [0.25, 0.3) is 10.9 Å². The van der Waals surface area contributed by atoms with Crippen LogP contribution in [0.1, 0.15) is 204 Å². The molecule has 1 aromatic heterocycles. The van der Waals surface area contributed by atoms with E-state index < -0.39 is 204 Å². The number of aliphatic hydroxyl groups is 2. The smallest absolute Gasteiger partial charge is 0.245 e. The van der Waals surface area contributed by atoms with Crippen LogP contribution < -0.4 is 114 Å². The van der Waals surface area contributed by atoms with Crippen LogP contribution in [0.2, 0.25) is 0 Å². The summed E-state index contributed by atoms with van der Waals surface area (Å²) in [4.78, 5) is 228. The Morgan fingerprint density at radius 3 is 1.07 bits per heavy atom. The van der Waals surface area contributed by atoms with Crippen LogP contribution >= 0.6 is 23.5 Å². The van der Waals surface area contributed by atoms with Crippen molar-refractivity contribution in [2.45, 2.75) is 308 Å². The fourth-order valence-electron chi connectivity index (χ4n) is 13.6. The fourth-order valence-corrected chi connectivity index (χ4v) is 14.5. The van der Waals surface area contributed by atoms with Crippen molar-refractivity contribution in [3.63, 3.8) is 0 Å². The maximum Gasteiger partial charge on any atom is 0.245 e. The zero-order valence-corrected chi connectivity index (χ0v) is 78.2. The molecule has 0 saturated heterocycles. The Bertz CT molecular complexity index is 3820. The molecule has 0 radical (unpaired) electrons. The normalized spacial score (nSPS) is 15.5. The van der Waals surface area contributed by atoms with Gasteiger partial charge in [-0.25, -0.2) is 0 Å². The van der Waals surface area contributed by atoms with E-state index in [0.29, 0.717) is 69.2 Å². The number of nitrogens with one attached hydrogen (secondary N) is 16. The zero-order valence-electron chi connectivity index (χ0n) is 76.6. The zero-order chi connectivity index (χ0) is 95.7. The topological polar surface area (TPSA) is 666 Å². The molecule has 1 aromatic carbocycles. The summed E-state index contributed by atoms with van der Waals surface area (Å²) in [7, 11) is 0. The van der Waals surface area contributed by atoms with E-state index in [-0.39, 0.29) is 120 Å². The van der Waals surface area contributed by atoms with Gasteiger partial charge in [0.2, 0.25) is 94.5 Å². The number of carbonyl (C=O) groups is 16. The van der Waals surface area contributed by atoms with Gasteiger partial charge in [0.15, 0.2) is 0 Å². The predicted molar refractivity (Wildman–Crippen MR) is 489 cm³/mol. The fraction of sp³-hybridized carbons (Fsp3) is 0.718. The van der Waals surface area contributed by atoms with E-state index in [1.165, 1.54) is 51.2 Å². The van der Waals surface area contributed by atoms with Crippen LogP contribution in [0, 0.1) is 23.7 Å². The largest absolute Gasteiger partial charge is 0.391 e. The van der Waals surface area contributed by atoms with Gasteiger partial charge >= 0.3 is 0 Å². The number of carbonyl (C=O) groups excluding carboxylic acids is 16. The van der Waals surface area contributed by atoms with Crippen molar-refractivity contribution >= 4 is 129 Å². The molecule has 0 saturated carbocycles. The minimum Gasteiger partial charge on any atom is -0.391 e. The maximum absolute atomic E-state index is 14.9. The summed E-state index contributed by atoms with van der Waals surface area (Å²) in [6.45, 7) is 19.9. The van der Waals surface area contributed by atoms with Crippen molar-refractivity contribution in [3.8, 4) is 0 Å². The van der Waals surface area contributed by atoms with E-state index in [4.69, 9.17) is 34.4 Å². The van der Waals surface area contributed by atoms with Gasteiger partial charge in [0.1, 0.15) is 84.6 Å². The molecule has 2 aromatic rings. The highest BCUT2D eigenvalue weighted by Crippen LogP contribution is 2.22. The van der Waals surface area contributed by atoms with Crippen LogP contribution in [-0.2, 0) is 83.1 Å². The lowest BCUT2D eigenvalue weighted by atomic mass is 10.00. The molecule has 127 heavy (non-hydrogen) atoms. The second-order valence-electron chi connectivity index (χ2n) is 34.1. The molecule has 40 nitrogen and oxygen atoms in total. The summed E-state index contributed by atoms with van der Waals surface area (Å²) < 4.78 is 0. The summed E-state index contributed by atoms with van der Waals surface area (Å²) in [5, 5.41) is 62.3. The number of hydrogen-bond acceptors (Lipinski definition) is 25. The minimum absolute atomic E-state index is 0.00614. The third-order valence-corrected chi connectivity index (χ3v) is 22.0. The molecule has 0 aliphatic heterocycles. The number of para-hydroxylation sites is 1. The van der Waals surface area contributed by atoms with E-state index >= 15 is 0 Å². The molecule has 1 heterocycles. The SMILES string of the molecule is CSCC[C@H](NC(=O)[C@@H](NC(=O)CNC(=O)[C@H](CC(C)C)NC(=O)[C@H](CCCCN)NC(=O)[C@H](CCCCN)NC(=O)[C@H](CC(C)C)NC(=O)[C@H](CCSC)NC(=O)[C@@H](NC(=O)[C@H](CCCCN)NC(=O)[C@H](Cc1c[nH]c2ccccc12)NC(=O)[C@H](CC(C)C)NC(=O)[C@H](C)NC(=O)[C@@H](N)CCCCN)[C@@H](C)O)[C@@H](C)O)C(=O)N[C@@H](C)C(=O)N[C@@H](CC(C)C)C(N)=O. The first-order valence-electron chi connectivity index (χ1n) is 44.2. The first kappa shape index (κ1) is 114. The van der Waals surface area contributed by atoms with Crippen LogP contribution in [0.3, 0.4) is 0 Å². The van der Waals surface area contributed by atoms with Crippen LogP contribution in [0.4, 0.5) is 0 Å². The van der Waals surface area contributed by atoms with Crippen molar-refractivity contribution in [2.75, 3.05) is 56.7 Å². The van der Waals surface area contributed by atoms with Gasteiger partial charge in [-0.3, -0.25) is 76.7 Å². The van der Waals surface area contributed by atoms with Gasteiger partial charge in [-0.1, -0.05) is 80.0 Å². The van der Waals surface area contributed by atoms with Crippen LogP contribution in [0.5, 0.6) is 0 Å². The Morgan fingerprint density at radius 1 is 0.354 bits per heavy atom. The third kappa shape index (κ3) is 43.6. The number of nitrogens with two attached hydrogens (primary N) is 6. The molecule has 0 aliphatic rings. The van der Waals surface area contributed by atoms with E-state index in [1.54, 1.807) is 52.5 Å². The summed E-state index contributed by atoms with van der Waals surface area (Å²) in [6.07, 6.45) is 5.69. The number of rotatable bonds is 65. The van der Waals surface area contributed by atoms with Crippen molar-refractivity contribution in [1.29, 1.82) is 0 Å². The Morgan fingerprint density at radius 2 is 0.669 bits per heavy atom. The first-order valence-corrected chi connectivity index (χ1v) is 47.0. The van der Waals surface area contributed by atoms with Gasteiger partial charge in [-0.05, 0) is 222 Å². The molecule has 16 amide bonds. The average molecular weight is 1830 g/mol. The number of aromatic amines is 1. The molecule has 0 bridgehead atoms. The lowest BCUT2D eigenvalue weighted by Crippen LogP contribution is -2.62. The lowest BCUT2D eigenvalue weighted by Gasteiger charge is -2.29. The second kappa shape index (κ2) is 61.3. The van der Waals surface area contributed by atoms with Gasteiger partial charge in [0, 0.05) is 23.5 Å². The molecule has 0 aliphatic carbocycles. The minimum atomic E-state index is -1.78. The highest BCUT2D eigenvalue weighted by Gasteiger charge is 2.40. The van der Waals surface area contributed by atoms with E-state index in [0.717, 1.165) is 10.9 Å². The number of thioether (sulfide) groups is 2. The molecule has 0 fully saturated rings. The number of hydrogen-bond donors (Lipinski definition) is 24. The van der Waals surface area contributed by atoms with Crippen LogP contribution in [0.15, 0.2) is 30.5 Å². The molecule has 0 unspecified atom stereocenters. The third-order valence-electron chi connectivity index (χ3n) is 20.7. The number of primary amides is 1. The quantitative estimate of drug-likeness (QED) is 0.0303. The second-order valence-corrected chi connectivity index (χ2v) is 36.1. The van der Waals surface area contributed by atoms with Gasteiger partial charge in [-0.15, -0.1) is 0 Å². The van der Waals surface area contributed by atoms with Crippen molar-refractivity contribution in [2.24, 2.45) is 58.1 Å². The highest BCUT2D eigenvalue weighted by molar-refractivity contribution is 7.98. The standard InChI is InChI=1S/C85H150N22O18S2/c1-46(2)39-63(71(91)111)101-72(112)51(10)95-76(116)61(31-37-126-13)99-84(124)69(52(11)108)106-68(110)45-93-75(115)64(40-47(3)4)103-78(118)59(29-19-23-35-88)96-77(117)58(28-18-22-34-87)97-81(121)66(42-49(7)8)104-79(119)62(32-38-127-14)100-85(125)70(53(12)109)107-80(120)60(30-20-24-36-89)98-83(123)67(43-54-44-92-57-27-16-15-25-55(54)57)105-82(122)65(41-48(5)6)102-73(113)50(9)94-74(114)56(90)26-17-21-33-86/h15-16,25,27,44,46-53,56,58-67,69-70,92,108-109H,17-24,26,28-43,45,86-90H2,1-14H3,(H2,91,111)(H,93,115)(H,94,114)(H,95,116)(H,96,117)(H,97,121)(H,98,123)(H,99,124)(H,100,125)(H,101,112)(H,102,113)(H,103,118)(H,104,119)(H,105,122)(H,106,110)(H,107,120)/t50-,51-,52+,53+,56-,58-,59-,60-,61-,62-,63-,64-,65-,66-,67-,69-,70-/m0/s1. The Hall–Kier alpha value is -9.30. The molecule has 17 atom stereocenters. The number of aromatic nitrogens is 1. The maximum atomic E-state index is 14.9. The van der Waals surface area contributed by atoms with Gasteiger partial charge in [-0.2, -0.15) is 23.5 Å². The van der Waals surface area contributed by atoms with Gasteiger partial charge in [0.05, 0.1) is 24.8 Å². The van der Waals surface area contributed by atoms with Crippen LogP contribution in [-0.4, -0.2) is 269 Å². The number of fused-ring (bicyclic) bond motifs is 1. The van der Waals surface area contributed by atoms with E-state index in [2.05, 4.69) is 84.7 Å². The Labute approximate surface area is 755 Å². The number of benzene rings is 1. The highest BCUT2D eigenvalue weighted by atomic mass is 32.2. The molecule has 2 rings (SSSR count). The molecule has 30 N–H and O–H groups in total. The Kier molecular flexibility index (Phi) is 54.9. The Balaban J connectivity index is 2.49. The summed E-state index contributed by atoms with van der Waals surface area (Å²) in [6, 6.07) is -12.7. The van der Waals surface area contributed by atoms with Crippen molar-refractivity contribution in [3.05, 3.63) is 36.0 Å². The number of aliphatic hydroxyl groups excluding tert-OH is 2. The van der Waals surface area contributed by atoms with Crippen molar-refractivity contribution < 1.29 is 86.9 Å². The van der Waals surface area contributed by atoms with Gasteiger partial charge in [0.25, 0.3) is 0 Å². The van der Waals surface area contributed by atoms with Crippen molar-refractivity contribution in [1.82, 2.24) is 84.7 Å². The molecule has 42 heteroatoms. The molecule has 720 valence electrons. The first-order chi connectivity index (χ1) is 60.0. The number of unbranched alkanes of at least 4 members (excludes halogenated alkanes) is 4. The lowest BCUT2D eigenvalue weighted by molar-refractivity contribution is -0.137. The summed E-state index contributed by atoms with van der Waals surface area (Å²) >= 11 is 2.67. The molecular formula is C85H150N22O18S2. The number of amides is 16. The van der Waals surface area contributed by atoms with E-state index in [1.807, 2.05) is 45.9 Å². The van der Waals surface area contributed by atoms with E-state index in [9.17, 15) is 86.9 Å². The predicted octanol–water partition coefficient (Wildman–Crippen LogP) is -2.57. The molecule has 0 spiro atoms. The van der Waals surface area contributed by atoms with Gasteiger partial charge < -0.3 is 129 Å². The average Bonchev–Trinajstić information content (AvgIpc) is 1.70. The summed E-state index contributed by atoms with van der Waals surface area (Å²) in [5.74, 6) is -13.4.